The maximum atomic E-state index is 12.9. The predicted octanol–water partition coefficient (Wildman–Crippen LogP) is 3.45. The van der Waals surface area contributed by atoms with E-state index in [-0.39, 0.29) is 24.5 Å². The van der Waals surface area contributed by atoms with E-state index in [0.29, 0.717) is 11.3 Å². The van der Waals surface area contributed by atoms with Gasteiger partial charge in [-0.25, -0.2) is 0 Å². The van der Waals surface area contributed by atoms with E-state index >= 15 is 0 Å². The van der Waals surface area contributed by atoms with Gasteiger partial charge in [-0.1, -0.05) is 18.2 Å². The van der Waals surface area contributed by atoms with E-state index in [1.165, 1.54) is 12.1 Å². The van der Waals surface area contributed by atoms with Gasteiger partial charge in [0.2, 0.25) is 0 Å². The molecule has 0 amide bonds. The van der Waals surface area contributed by atoms with Gasteiger partial charge in [0.1, 0.15) is 11.5 Å². The number of alkyl halides is 3. The molecule has 0 atom stereocenters. The Bertz CT molecular complexity index is 609. The lowest BCUT2D eigenvalue weighted by molar-refractivity contribution is -0.138. The molecule has 0 bridgehead atoms. The summed E-state index contributed by atoms with van der Waals surface area (Å²) in [5.74, 6) is 0.470. The number of nitrogens with two attached hydrogens (primary N) is 1. The second-order valence-corrected chi connectivity index (χ2v) is 4.42. The summed E-state index contributed by atoms with van der Waals surface area (Å²) in [6.07, 6.45) is -4.48. The molecule has 0 heterocycles. The van der Waals surface area contributed by atoms with Gasteiger partial charge in [-0.3, -0.25) is 0 Å². The normalized spacial score (nSPS) is 11.5. The average Bonchev–Trinajstić information content (AvgIpc) is 2.47. The third-order valence-electron chi connectivity index (χ3n) is 2.95. The predicted molar refractivity (Wildman–Crippen MR) is 71.8 cm³/mol. The first-order valence-corrected chi connectivity index (χ1v) is 6.22. The number of aliphatic hydroxyl groups excluding tert-OH is 1. The van der Waals surface area contributed by atoms with E-state index in [0.717, 1.165) is 6.07 Å². The van der Waals surface area contributed by atoms with E-state index in [1.807, 2.05) is 0 Å². The molecule has 112 valence electrons. The molecule has 6 heteroatoms. The van der Waals surface area contributed by atoms with Gasteiger partial charge < -0.3 is 15.6 Å². The largest absolute Gasteiger partial charge is 0.457 e. The number of aliphatic hydroxyl groups is 1. The van der Waals surface area contributed by atoms with Crippen molar-refractivity contribution < 1.29 is 23.0 Å². The van der Waals surface area contributed by atoms with Crippen molar-refractivity contribution in [3.05, 3.63) is 59.2 Å². The monoisotopic (exact) mass is 297 g/mol. The van der Waals surface area contributed by atoms with Crippen molar-refractivity contribution in [1.29, 1.82) is 0 Å². The summed E-state index contributed by atoms with van der Waals surface area (Å²) in [6, 6.07) is 10.1. The number of ether oxygens (including phenoxy) is 1. The molecule has 0 aliphatic heterocycles. The van der Waals surface area contributed by atoms with Crippen molar-refractivity contribution in [2.45, 2.75) is 19.3 Å². The zero-order valence-electron chi connectivity index (χ0n) is 11.0. The van der Waals surface area contributed by atoms with Crippen LogP contribution in [0.3, 0.4) is 0 Å². The molecule has 0 unspecified atom stereocenters. The molecule has 0 aliphatic rings. The van der Waals surface area contributed by atoms with Gasteiger partial charge in [0.25, 0.3) is 0 Å². The van der Waals surface area contributed by atoms with Crippen molar-refractivity contribution in [3.63, 3.8) is 0 Å². The first-order valence-electron chi connectivity index (χ1n) is 6.22. The fourth-order valence-corrected chi connectivity index (χ4v) is 1.86. The molecule has 2 aromatic carbocycles. The molecule has 0 radical (unpaired) electrons. The van der Waals surface area contributed by atoms with Crippen LogP contribution in [-0.2, 0) is 19.3 Å². The Hall–Kier alpha value is -2.05. The topological polar surface area (TPSA) is 55.5 Å². The Morgan fingerprint density at radius 3 is 2.14 bits per heavy atom. The molecule has 0 spiro atoms. The van der Waals surface area contributed by atoms with E-state index in [9.17, 15) is 13.2 Å². The van der Waals surface area contributed by atoms with Crippen molar-refractivity contribution in [2.24, 2.45) is 5.73 Å². The minimum atomic E-state index is -4.48. The van der Waals surface area contributed by atoms with Crippen molar-refractivity contribution in [1.82, 2.24) is 0 Å². The first-order chi connectivity index (χ1) is 9.94. The lowest BCUT2D eigenvalue weighted by Crippen LogP contribution is -2.12. The summed E-state index contributed by atoms with van der Waals surface area (Å²) < 4.78 is 44.1. The summed E-state index contributed by atoms with van der Waals surface area (Å²) in [5.41, 5.74) is 5.23. The van der Waals surface area contributed by atoms with Crippen LogP contribution in [0.25, 0.3) is 0 Å². The molecule has 0 saturated heterocycles. The molecule has 0 aromatic heterocycles. The van der Waals surface area contributed by atoms with Crippen LogP contribution in [0.1, 0.15) is 16.7 Å². The van der Waals surface area contributed by atoms with E-state index in [1.54, 1.807) is 24.3 Å². The molecule has 0 fully saturated rings. The van der Waals surface area contributed by atoms with Crippen LogP contribution in [-0.4, -0.2) is 5.11 Å². The van der Waals surface area contributed by atoms with Gasteiger partial charge >= 0.3 is 6.18 Å². The van der Waals surface area contributed by atoms with Gasteiger partial charge in [0.05, 0.1) is 12.2 Å². The fraction of sp³-hybridized carbons (Fsp3) is 0.200. The lowest BCUT2D eigenvalue weighted by atomic mass is 10.1. The second kappa shape index (κ2) is 6.15. The number of hydrogen-bond acceptors (Lipinski definition) is 3. The number of hydrogen-bond donors (Lipinski definition) is 2. The molecular weight excluding hydrogens is 283 g/mol. The van der Waals surface area contributed by atoms with E-state index in [4.69, 9.17) is 15.6 Å². The zero-order valence-corrected chi connectivity index (χ0v) is 11.0. The lowest BCUT2D eigenvalue weighted by Gasteiger charge is -2.14. The Morgan fingerprint density at radius 1 is 1.00 bits per heavy atom. The highest BCUT2D eigenvalue weighted by Gasteiger charge is 2.33. The number of benzene rings is 2. The smallest absolute Gasteiger partial charge is 0.416 e. The van der Waals surface area contributed by atoms with Crippen LogP contribution in [0.5, 0.6) is 11.5 Å². The standard InChI is InChI=1S/C15H14F3NO2/c16-15(17,18)14-7-13(6-3-11(14)8-19)21-12-4-1-10(9-20)2-5-12/h1-7,20H,8-9,19H2. The van der Waals surface area contributed by atoms with Crippen molar-refractivity contribution in [3.8, 4) is 11.5 Å². The molecule has 3 nitrogen and oxygen atoms in total. The number of halogens is 3. The van der Waals surface area contributed by atoms with E-state index in [2.05, 4.69) is 0 Å². The van der Waals surface area contributed by atoms with Gasteiger partial charge in [-0.15, -0.1) is 0 Å². The highest BCUT2D eigenvalue weighted by Crippen LogP contribution is 2.35. The maximum absolute atomic E-state index is 12.9. The summed E-state index contributed by atoms with van der Waals surface area (Å²) >= 11 is 0. The van der Waals surface area contributed by atoms with Crippen LogP contribution < -0.4 is 10.5 Å². The van der Waals surface area contributed by atoms with Gasteiger partial charge in [0.15, 0.2) is 0 Å². The van der Waals surface area contributed by atoms with Crippen LogP contribution in [0.15, 0.2) is 42.5 Å². The molecule has 3 N–H and O–H groups in total. The van der Waals surface area contributed by atoms with Crippen LogP contribution in [0.4, 0.5) is 13.2 Å². The summed E-state index contributed by atoms with van der Waals surface area (Å²) in [4.78, 5) is 0. The highest BCUT2D eigenvalue weighted by atomic mass is 19.4. The molecule has 2 rings (SSSR count). The van der Waals surface area contributed by atoms with E-state index < -0.39 is 11.7 Å². The second-order valence-electron chi connectivity index (χ2n) is 4.42. The van der Waals surface area contributed by atoms with Crippen LogP contribution in [0, 0.1) is 0 Å². The summed E-state index contributed by atoms with van der Waals surface area (Å²) in [6.45, 7) is -0.302. The molecule has 0 saturated carbocycles. The Morgan fingerprint density at radius 2 is 1.62 bits per heavy atom. The summed E-state index contributed by atoms with van der Waals surface area (Å²) in [5, 5.41) is 8.92. The number of rotatable bonds is 4. The minimum absolute atomic E-state index is 0.0190. The Kier molecular flexibility index (Phi) is 4.50. The Balaban J connectivity index is 2.27. The van der Waals surface area contributed by atoms with Crippen molar-refractivity contribution in [2.75, 3.05) is 0 Å². The van der Waals surface area contributed by atoms with Gasteiger partial charge in [-0.05, 0) is 35.4 Å². The molecule has 21 heavy (non-hydrogen) atoms. The third-order valence-corrected chi connectivity index (χ3v) is 2.95. The third kappa shape index (κ3) is 3.74. The highest BCUT2D eigenvalue weighted by molar-refractivity contribution is 5.40. The maximum Gasteiger partial charge on any atom is 0.416 e. The zero-order chi connectivity index (χ0) is 15.5. The van der Waals surface area contributed by atoms with Gasteiger partial charge in [-0.2, -0.15) is 13.2 Å². The average molecular weight is 297 g/mol. The fourth-order valence-electron chi connectivity index (χ4n) is 1.86. The summed E-state index contributed by atoms with van der Waals surface area (Å²) in [7, 11) is 0. The Labute approximate surface area is 119 Å². The molecule has 2 aromatic rings. The SMILES string of the molecule is NCc1ccc(Oc2ccc(CO)cc2)cc1C(F)(F)F. The first kappa shape index (κ1) is 15.3. The molecule has 0 aliphatic carbocycles. The molecular formula is C15H14F3NO2. The van der Waals surface area contributed by atoms with Crippen LogP contribution >= 0.6 is 0 Å². The quantitative estimate of drug-likeness (QED) is 0.908. The van der Waals surface area contributed by atoms with Crippen LogP contribution in [0.2, 0.25) is 0 Å². The van der Waals surface area contributed by atoms with Crippen molar-refractivity contribution >= 4 is 0 Å². The minimum Gasteiger partial charge on any atom is -0.457 e. The van der Waals surface area contributed by atoms with Gasteiger partial charge in [0, 0.05) is 6.54 Å².